The Labute approximate surface area is 183 Å². The predicted octanol–water partition coefficient (Wildman–Crippen LogP) is 3.44. The molecule has 164 valence electrons. The van der Waals surface area contributed by atoms with Gasteiger partial charge in [0.05, 0.1) is 25.6 Å². The van der Waals surface area contributed by atoms with Crippen LogP contribution in [-0.4, -0.2) is 29.7 Å². The Morgan fingerprint density at radius 1 is 1.06 bits per heavy atom. The van der Waals surface area contributed by atoms with Crippen molar-refractivity contribution >= 4 is 17.2 Å². The molecule has 0 radical (unpaired) electrons. The van der Waals surface area contributed by atoms with Crippen LogP contribution in [-0.2, 0) is 6.61 Å². The molecule has 4 aromatic rings. The minimum atomic E-state index is -0.357. The predicted molar refractivity (Wildman–Crippen MR) is 117 cm³/mol. The molecule has 1 N–H and O–H groups in total. The van der Waals surface area contributed by atoms with Gasteiger partial charge in [-0.3, -0.25) is 9.59 Å². The smallest absolute Gasteiger partial charge is 0.287 e. The lowest BCUT2D eigenvalue weighted by atomic mass is 10.1. The number of amides is 1. The Bertz CT molecular complexity index is 1320. The SMILES string of the molecule is COc1cc(OC)cc(C(=O)Nc2ccccc2OCc2cc(=O)n3oc(C)cc3n2)c1. The fraction of sp³-hybridized carbons (Fsp3) is 0.174. The summed E-state index contributed by atoms with van der Waals surface area (Å²) in [7, 11) is 3.03. The first-order chi connectivity index (χ1) is 15.5. The molecule has 0 aliphatic heterocycles. The van der Waals surface area contributed by atoms with Crippen molar-refractivity contribution < 1.29 is 23.5 Å². The lowest BCUT2D eigenvalue weighted by molar-refractivity contribution is 0.102. The van der Waals surface area contributed by atoms with Crippen LogP contribution in [0, 0.1) is 6.92 Å². The van der Waals surface area contributed by atoms with Crippen LogP contribution in [0.2, 0.25) is 0 Å². The quantitative estimate of drug-likeness (QED) is 0.474. The molecule has 0 saturated carbocycles. The molecule has 0 atom stereocenters. The van der Waals surface area contributed by atoms with E-state index in [4.69, 9.17) is 18.7 Å². The zero-order valence-electron chi connectivity index (χ0n) is 17.7. The van der Waals surface area contributed by atoms with E-state index in [1.165, 1.54) is 20.3 Å². The van der Waals surface area contributed by atoms with Crippen LogP contribution in [0.25, 0.3) is 5.65 Å². The summed E-state index contributed by atoms with van der Waals surface area (Å²) in [5.74, 6) is 1.66. The highest BCUT2D eigenvalue weighted by Crippen LogP contribution is 2.27. The lowest BCUT2D eigenvalue weighted by Gasteiger charge is -2.13. The molecule has 0 saturated heterocycles. The van der Waals surface area contributed by atoms with Gasteiger partial charge in [0.25, 0.3) is 11.5 Å². The van der Waals surface area contributed by atoms with Crippen LogP contribution in [0.3, 0.4) is 0 Å². The number of methoxy groups -OCH3 is 2. The zero-order chi connectivity index (χ0) is 22.7. The van der Waals surface area contributed by atoms with Crippen molar-refractivity contribution in [3.8, 4) is 17.2 Å². The van der Waals surface area contributed by atoms with Crippen molar-refractivity contribution in [3.05, 3.63) is 82.0 Å². The maximum Gasteiger partial charge on any atom is 0.287 e. The highest BCUT2D eigenvalue weighted by molar-refractivity contribution is 6.05. The number of nitrogens with one attached hydrogen (secondary N) is 1. The normalized spacial score (nSPS) is 10.7. The standard InChI is InChI=1S/C23H21N3O6/c1-14-8-21-24-16(11-22(27)26(21)32-14)13-31-20-7-5-4-6-19(20)25-23(28)15-9-17(29-2)12-18(10-15)30-3/h4-12H,13H2,1-3H3,(H,25,28). The summed E-state index contributed by atoms with van der Waals surface area (Å²) in [6.45, 7) is 1.77. The second kappa shape index (κ2) is 8.84. The van der Waals surface area contributed by atoms with E-state index in [0.29, 0.717) is 45.6 Å². The molecule has 0 aliphatic rings. The molecular formula is C23H21N3O6. The van der Waals surface area contributed by atoms with Crippen molar-refractivity contribution in [2.75, 3.05) is 19.5 Å². The molecule has 0 aliphatic carbocycles. The number of benzene rings is 2. The Morgan fingerprint density at radius 2 is 1.78 bits per heavy atom. The summed E-state index contributed by atoms with van der Waals surface area (Å²) >= 11 is 0. The summed E-state index contributed by atoms with van der Waals surface area (Å²) in [6.07, 6.45) is 0. The largest absolute Gasteiger partial charge is 0.497 e. The number of aryl methyl sites for hydroxylation is 1. The van der Waals surface area contributed by atoms with E-state index in [2.05, 4.69) is 10.3 Å². The fourth-order valence-corrected chi connectivity index (χ4v) is 3.13. The Kier molecular flexibility index (Phi) is 5.80. The van der Waals surface area contributed by atoms with Gasteiger partial charge < -0.3 is 24.1 Å². The third kappa shape index (κ3) is 4.41. The average molecular weight is 435 g/mol. The van der Waals surface area contributed by atoms with Crippen molar-refractivity contribution in [3.63, 3.8) is 0 Å². The minimum absolute atomic E-state index is 0.0375. The Hall–Kier alpha value is -4.27. The molecule has 9 nitrogen and oxygen atoms in total. The summed E-state index contributed by atoms with van der Waals surface area (Å²) in [6, 6.07) is 14.9. The van der Waals surface area contributed by atoms with Crippen LogP contribution in [0.5, 0.6) is 17.2 Å². The third-order valence-corrected chi connectivity index (χ3v) is 4.65. The van der Waals surface area contributed by atoms with Crippen molar-refractivity contribution in [1.29, 1.82) is 0 Å². The van der Waals surface area contributed by atoms with Gasteiger partial charge in [0.2, 0.25) is 0 Å². The second-order valence-electron chi connectivity index (χ2n) is 6.92. The van der Waals surface area contributed by atoms with E-state index in [0.717, 1.165) is 4.57 Å². The number of nitrogens with zero attached hydrogens (tertiary/aromatic N) is 2. The van der Waals surface area contributed by atoms with E-state index in [-0.39, 0.29) is 18.1 Å². The molecule has 0 unspecified atom stereocenters. The van der Waals surface area contributed by atoms with Crippen molar-refractivity contribution in [1.82, 2.24) is 9.56 Å². The van der Waals surface area contributed by atoms with Crippen molar-refractivity contribution in [2.45, 2.75) is 13.5 Å². The first-order valence-corrected chi connectivity index (χ1v) is 9.72. The Balaban J connectivity index is 1.53. The van der Waals surface area contributed by atoms with Crippen LogP contribution in [0.1, 0.15) is 21.8 Å². The van der Waals surface area contributed by atoms with Crippen molar-refractivity contribution in [2.24, 2.45) is 0 Å². The summed E-state index contributed by atoms with van der Waals surface area (Å²) in [5, 5.41) is 2.83. The molecule has 0 bridgehead atoms. The number of rotatable bonds is 7. The maximum atomic E-state index is 12.8. The van der Waals surface area contributed by atoms with E-state index < -0.39 is 0 Å². The number of para-hydroxylation sites is 2. The topological polar surface area (TPSA) is 104 Å². The Morgan fingerprint density at radius 3 is 2.50 bits per heavy atom. The van der Waals surface area contributed by atoms with Gasteiger partial charge in [-0.1, -0.05) is 12.1 Å². The minimum Gasteiger partial charge on any atom is -0.497 e. The molecule has 4 rings (SSSR count). The highest BCUT2D eigenvalue weighted by Gasteiger charge is 2.14. The van der Waals surface area contributed by atoms with Gasteiger partial charge in [-0.25, -0.2) is 4.98 Å². The summed E-state index contributed by atoms with van der Waals surface area (Å²) in [5.41, 5.74) is 1.34. The molecule has 2 heterocycles. The number of fused-ring (bicyclic) bond motifs is 1. The van der Waals surface area contributed by atoms with Gasteiger partial charge in [0.15, 0.2) is 5.65 Å². The molecule has 0 fully saturated rings. The molecule has 0 spiro atoms. The number of hydrogen-bond acceptors (Lipinski definition) is 7. The fourth-order valence-electron chi connectivity index (χ4n) is 3.13. The van der Waals surface area contributed by atoms with Gasteiger partial charge in [0.1, 0.15) is 29.6 Å². The molecule has 32 heavy (non-hydrogen) atoms. The lowest BCUT2D eigenvalue weighted by Crippen LogP contribution is -2.15. The first kappa shape index (κ1) is 21.0. The molecule has 1 amide bonds. The zero-order valence-corrected chi connectivity index (χ0v) is 17.7. The van der Waals surface area contributed by atoms with Gasteiger partial charge >= 0.3 is 0 Å². The summed E-state index contributed by atoms with van der Waals surface area (Å²) < 4.78 is 22.7. The maximum absolute atomic E-state index is 12.8. The van der Waals surface area contributed by atoms with Gasteiger partial charge in [0, 0.05) is 23.8 Å². The molecule has 9 heteroatoms. The van der Waals surface area contributed by atoms with Crippen LogP contribution in [0.15, 0.2) is 63.9 Å². The van der Waals surface area contributed by atoms with E-state index in [1.807, 2.05) is 0 Å². The van der Waals surface area contributed by atoms with Crippen LogP contribution >= 0.6 is 0 Å². The van der Waals surface area contributed by atoms with E-state index in [9.17, 15) is 9.59 Å². The third-order valence-electron chi connectivity index (χ3n) is 4.65. The second-order valence-corrected chi connectivity index (χ2v) is 6.92. The number of anilines is 1. The molecular weight excluding hydrogens is 414 g/mol. The summed E-state index contributed by atoms with van der Waals surface area (Å²) in [4.78, 5) is 29.4. The number of ether oxygens (including phenoxy) is 3. The van der Waals surface area contributed by atoms with Crippen LogP contribution in [0.4, 0.5) is 5.69 Å². The number of carbonyl (C=O) groups is 1. The number of hydrogen-bond donors (Lipinski definition) is 1. The van der Waals surface area contributed by atoms with Gasteiger partial charge in [-0.05, 0) is 31.2 Å². The number of carbonyl (C=O) groups excluding carboxylic acids is 1. The number of aromatic nitrogens is 2. The van der Waals surface area contributed by atoms with E-state index in [1.54, 1.807) is 55.5 Å². The highest BCUT2D eigenvalue weighted by atomic mass is 16.5. The molecule has 2 aromatic heterocycles. The van der Waals surface area contributed by atoms with Gasteiger partial charge in [-0.15, -0.1) is 4.57 Å². The first-order valence-electron chi connectivity index (χ1n) is 9.72. The van der Waals surface area contributed by atoms with E-state index >= 15 is 0 Å². The average Bonchev–Trinajstić information content (AvgIpc) is 3.18. The van der Waals surface area contributed by atoms with Gasteiger partial charge in [-0.2, -0.15) is 0 Å². The molecule has 2 aromatic carbocycles. The van der Waals surface area contributed by atoms with Crippen LogP contribution < -0.4 is 25.1 Å². The monoisotopic (exact) mass is 435 g/mol.